The number of aromatic nitrogens is 6. The maximum atomic E-state index is 12.2. The van der Waals surface area contributed by atoms with Crippen LogP contribution in [-0.2, 0) is 4.79 Å². The molecule has 164 valence electrons. The minimum absolute atomic E-state index is 0.0827. The van der Waals surface area contributed by atoms with E-state index in [0.717, 1.165) is 36.0 Å². The highest BCUT2D eigenvalue weighted by Gasteiger charge is 2.40. The molecule has 1 aromatic carbocycles. The number of carbonyl (C=O) groups excluding carboxylic acids is 1. The Balaban J connectivity index is 1.42. The summed E-state index contributed by atoms with van der Waals surface area (Å²) in [6.45, 7) is 2.01. The second-order valence-corrected chi connectivity index (χ2v) is 9.09. The van der Waals surface area contributed by atoms with Crippen LogP contribution in [0.2, 0.25) is 0 Å². The van der Waals surface area contributed by atoms with Crippen LogP contribution < -0.4 is 10.6 Å². The molecule has 4 aromatic rings. The number of anilines is 1. The first-order valence-electron chi connectivity index (χ1n) is 10.5. The fourth-order valence-electron chi connectivity index (χ4n) is 4.35. The van der Waals surface area contributed by atoms with Crippen molar-refractivity contribution >= 4 is 38.8 Å². The van der Waals surface area contributed by atoms with E-state index in [-0.39, 0.29) is 17.4 Å². The van der Waals surface area contributed by atoms with E-state index in [1.807, 2.05) is 42.0 Å². The third-order valence-electron chi connectivity index (χ3n) is 6.13. The van der Waals surface area contributed by atoms with Crippen molar-refractivity contribution in [1.29, 1.82) is 0 Å². The number of amides is 1. The molecule has 1 amide bonds. The molecule has 0 aliphatic heterocycles. The van der Waals surface area contributed by atoms with Crippen LogP contribution >= 0.6 is 15.9 Å². The van der Waals surface area contributed by atoms with Gasteiger partial charge in [-0.05, 0) is 59.5 Å². The molecule has 1 saturated carbocycles. The van der Waals surface area contributed by atoms with E-state index in [0.29, 0.717) is 16.2 Å². The molecule has 3 heterocycles. The van der Waals surface area contributed by atoms with Gasteiger partial charge in [-0.15, -0.1) is 0 Å². The van der Waals surface area contributed by atoms with Crippen molar-refractivity contribution in [2.75, 3.05) is 12.4 Å². The molecule has 0 spiro atoms. The maximum absolute atomic E-state index is 12.2. The van der Waals surface area contributed by atoms with Crippen LogP contribution in [0.4, 0.5) is 5.95 Å². The van der Waals surface area contributed by atoms with Crippen LogP contribution in [0.3, 0.4) is 0 Å². The van der Waals surface area contributed by atoms with E-state index >= 15 is 0 Å². The number of hydrogen-bond donors (Lipinski definition) is 2. The lowest BCUT2D eigenvalue weighted by Gasteiger charge is -2.22. The molecule has 10 heteroatoms. The summed E-state index contributed by atoms with van der Waals surface area (Å²) in [4.78, 5) is 25.5. The number of carbonyl (C=O) groups is 1. The Morgan fingerprint density at radius 2 is 2.03 bits per heavy atom. The SMILES string of the molecule is CNC(=O)[C@]1(C)CC[C@@H](Nc2ncc3c(Br)nn(-c4ccc(-n5ccnc5)cc4)c3n2)C1. The largest absolute Gasteiger partial charge is 0.359 e. The standard InChI is InChI=1S/C22H23BrN8O/c1-22(20(32)24-2)8-7-14(11-22)27-21-26-12-17-18(23)29-31(19(17)28-21)16-5-3-15(4-6-16)30-10-9-25-13-30/h3-6,9-10,12-14H,7-8,11H2,1-2H3,(H,24,32)(H,26,27,28)/t14-,22-/m1/s1. The van der Waals surface area contributed by atoms with Gasteiger partial charge in [0.25, 0.3) is 0 Å². The molecule has 5 rings (SSSR count). The molecule has 1 aliphatic rings. The molecule has 0 unspecified atom stereocenters. The molecular weight excluding hydrogens is 472 g/mol. The zero-order valence-electron chi connectivity index (χ0n) is 17.8. The maximum Gasteiger partial charge on any atom is 0.225 e. The second kappa shape index (κ2) is 8.01. The summed E-state index contributed by atoms with van der Waals surface area (Å²) in [5.41, 5.74) is 2.25. The highest BCUT2D eigenvalue weighted by molar-refractivity contribution is 9.10. The molecule has 1 fully saturated rings. The van der Waals surface area contributed by atoms with Gasteiger partial charge < -0.3 is 15.2 Å². The Morgan fingerprint density at radius 1 is 1.25 bits per heavy atom. The highest BCUT2D eigenvalue weighted by Crippen LogP contribution is 2.39. The third-order valence-corrected chi connectivity index (χ3v) is 6.71. The van der Waals surface area contributed by atoms with Crippen molar-refractivity contribution in [2.45, 2.75) is 32.2 Å². The molecule has 0 saturated heterocycles. The predicted molar refractivity (Wildman–Crippen MR) is 125 cm³/mol. The first kappa shape index (κ1) is 20.6. The summed E-state index contributed by atoms with van der Waals surface area (Å²) in [6, 6.07) is 8.15. The predicted octanol–water partition coefficient (Wildman–Crippen LogP) is 3.48. The van der Waals surface area contributed by atoms with Crippen LogP contribution in [0.25, 0.3) is 22.4 Å². The third kappa shape index (κ3) is 3.64. The Labute approximate surface area is 193 Å². The number of imidazole rings is 1. The van der Waals surface area contributed by atoms with Crippen molar-refractivity contribution in [1.82, 2.24) is 34.6 Å². The molecule has 2 N–H and O–H groups in total. The Kier molecular flexibility index (Phi) is 5.16. The minimum atomic E-state index is -0.363. The summed E-state index contributed by atoms with van der Waals surface area (Å²) in [5.74, 6) is 0.617. The lowest BCUT2D eigenvalue weighted by atomic mass is 9.87. The van der Waals surface area contributed by atoms with Crippen molar-refractivity contribution in [3.63, 3.8) is 0 Å². The molecule has 32 heavy (non-hydrogen) atoms. The fraction of sp³-hybridized carbons (Fsp3) is 0.318. The Morgan fingerprint density at radius 3 is 2.75 bits per heavy atom. The molecular formula is C22H23BrN8O. The fourth-order valence-corrected chi connectivity index (χ4v) is 4.79. The van der Waals surface area contributed by atoms with E-state index in [4.69, 9.17) is 4.98 Å². The van der Waals surface area contributed by atoms with Crippen LogP contribution in [0.5, 0.6) is 0 Å². The van der Waals surface area contributed by atoms with Gasteiger partial charge in [-0.25, -0.2) is 14.6 Å². The number of rotatable bonds is 5. The number of fused-ring (bicyclic) bond motifs is 1. The normalized spacial score (nSPS) is 20.5. The van der Waals surface area contributed by atoms with Crippen LogP contribution in [0, 0.1) is 5.41 Å². The molecule has 0 radical (unpaired) electrons. The zero-order valence-corrected chi connectivity index (χ0v) is 19.4. The average Bonchev–Trinajstić information content (AvgIpc) is 3.54. The molecule has 3 aromatic heterocycles. The van der Waals surface area contributed by atoms with Gasteiger partial charge >= 0.3 is 0 Å². The smallest absolute Gasteiger partial charge is 0.225 e. The molecule has 1 aliphatic carbocycles. The van der Waals surface area contributed by atoms with Gasteiger partial charge in [-0.1, -0.05) is 6.92 Å². The molecule has 9 nitrogen and oxygen atoms in total. The lowest BCUT2D eigenvalue weighted by molar-refractivity contribution is -0.129. The summed E-state index contributed by atoms with van der Waals surface area (Å²) in [5, 5.41) is 11.6. The Bertz CT molecular complexity index is 1270. The topological polar surface area (TPSA) is 103 Å². The highest BCUT2D eigenvalue weighted by atomic mass is 79.9. The van der Waals surface area contributed by atoms with E-state index in [1.54, 1.807) is 30.5 Å². The Hall–Kier alpha value is -3.27. The minimum Gasteiger partial charge on any atom is -0.359 e. The number of benzene rings is 1. The summed E-state index contributed by atoms with van der Waals surface area (Å²) in [6.07, 6.45) is 9.65. The number of nitrogens with zero attached hydrogens (tertiary/aromatic N) is 6. The number of halogens is 1. The van der Waals surface area contributed by atoms with Gasteiger partial charge in [0.15, 0.2) is 5.65 Å². The van der Waals surface area contributed by atoms with Gasteiger partial charge in [0.2, 0.25) is 11.9 Å². The van der Waals surface area contributed by atoms with Crippen LogP contribution in [-0.4, -0.2) is 48.3 Å². The molecule has 0 bridgehead atoms. The van der Waals surface area contributed by atoms with Gasteiger partial charge in [-0.2, -0.15) is 10.1 Å². The van der Waals surface area contributed by atoms with E-state index in [1.165, 1.54) is 0 Å². The quantitative estimate of drug-likeness (QED) is 0.440. The number of nitrogens with one attached hydrogen (secondary N) is 2. The van der Waals surface area contributed by atoms with Crippen molar-refractivity contribution in [3.8, 4) is 11.4 Å². The van der Waals surface area contributed by atoms with Crippen LogP contribution in [0.1, 0.15) is 26.2 Å². The van der Waals surface area contributed by atoms with Gasteiger partial charge in [-0.3, -0.25) is 4.79 Å². The van der Waals surface area contributed by atoms with E-state index in [2.05, 4.69) is 41.6 Å². The van der Waals surface area contributed by atoms with Crippen molar-refractivity contribution < 1.29 is 4.79 Å². The average molecular weight is 495 g/mol. The molecule has 2 atom stereocenters. The summed E-state index contributed by atoms with van der Waals surface area (Å²) >= 11 is 3.52. The van der Waals surface area contributed by atoms with Gasteiger partial charge in [0.05, 0.1) is 17.4 Å². The van der Waals surface area contributed by atoms with Crippen molar-refractivity contribution in [3.05, 3.63) is 53.8 Å². The second-order valence-electron chi connectivity index (χ2n) is 8.34. The van der Waals surface area contributed by atoms with Gasteiger partial charge in [0.1, 0.15) is 4.60 Å². The monoisotopic (exact) mass is 494 g/mol. The van der Waals surface area contributed by atoms with Crippen molar-refractivity contribution in [2.24, 2.45) is 5.41 Å². The van der Waals surface area contributed by atoms with Crippen LogP contribution in [0.15, 0.2) is 53.8 Å². The summed E-state index contributed by atoms with van der Waals surface area (Å²) in [7, 11) is 1.69. The lowest BCUT2D eigenvalue weighted by Crippen LogP contribution is -2.35. The van der Waals surface area contributed by atoms with Gasteiger partial charge in [0, 0.05) is 42.8 Å². The zero-order chi connectivity index (χ0) is 22.3. The first-order valence-corrected chi connectivity index (χ1v) is 11.2. The number of hydrogen-bond acceptors (Lipinski definition) is 6. The summed E-state index contributed by atoms with van der Waals surface area (Å²) < 4.78 is 4.43. The van der Waals surface area contributed by atoms with E-state index < -0.39 is 0 Å². The first-order chi connectivity index (χ1) is 15.5. The van der Waals surface area contributed by atoms with E-state index in [9.17, 15) is 4.79 Å².